The van der Waals surface area contributed by atoms with Gasteiger partial charge in [-0.15, -0.1) is 0 Å². The van der Waals surface area contributed by atoms with E-state index >= 15 is 0 Å². The van der Waals surface area contributed by atoms with Crippen LogP contribution in [0.4, 0.5) is 11.5 Å². The highest BCUT2D eigenvalue weighted by Gasteiger charge is 2.13. The number of carbonyl (C=O) groups excluding carboxylic acids is 2. The number of aromatic nitrogens is 2. The monoisotopic (exact) mass is 394 g/mol. The summed E-state index contributed by atoms with van der Waals surface area (Å²) in [5, 5.41) is 6.19. The first kappa shape index (κ1) is 19.5. The molecule has 0 aliphatic carbocycles. The Labute approximate surface area is 168 Å². The van der Waals surface area contributed by atoms with Crippen molar-refractivity contribution >= 4 is 34.9 Å². The van der Waals surface area contributed by atoms with Gasteiger partial charge in [0.05, 0.1) is 11.9 Å². The number of hydrogen-bond acceptors (Lipinski definition) is 4. The first-order valence-corrected chi connectivity index (χ1v) is 9.10. The van der Waals surface area contributed by atoms with Crippen LogP contribution in [-0.2, 0) is 4.79 Å². The van der Waals surface area contributed by atoms with E-state index in [2.05, 4.69) is 20.6 Å². The summed E-state index contributed by atoms with van der Waals surface area (Å²) >= 11 is 5.96. The number of nitrogens with zero attached hydrogens (tertiary/aromatic N) is 2. The van der Waals surface area contributed by atoms with Gasteiger partial charge in [0.1, 0.15) is 5.82 Å². The number of halogens is 1. The standard InChI is InChI=1S/C21H19ClN4O2/c1-13(2)20(27)26-19-11-15(7-10-24-19)21(28)25-18-12-23-9-8-17(18)14-3-5-16(22)6-4-14/h3-13H,1-2H3,(H,25,28)(H,24,26,27). The zero-order valence-electron chi connectivity index (χ0n) is 15.4. The molecule has 28 heavy (non-hydrogen) atoms. The molecule has 0 aliphatic rings. The zero-order chi connectivity index (χ0) is 20.1. The molecule has 0 spiro atoms. The third kappa shape index (κ3) is 4.72. The zero-order valence-corrected chi connectivity index (χ0v) is 16.2. The maximum atomic E-state index is 12.7. The Kier molecular flexibility index (Phi) is 6.01. The van der Waals surface area contributed by atoms with Gasteiger partial charge in [-0.3, -0.25) is 14.6 Å². The smallest absolute Gasteiger partial charge is 0.255 e. The molecular weight excluding hydrogens is 376 g/mol. The summed E-state index contributed by atoms with van der Waals surface area (Å²) in [5.74, 6) is -0.347. The molecular formula is C21H19ClN4O2. The van der Waals surface area contributed by atoms with Crippen molar-refractivity contribution in [2.24, 2.45) is 5.92 Å². The number of benzene rings is 1. The molecule has 0 radical (unpaired) electrons. The summed E-state index contributed by atoms with van der Waals surface area (Å²) in [4.78, 5) is 32.8. The van der Waals surface area contributed by atoms with Gasteiger partial charge in [0.2, 0.25) is 5.91 Å². The predicted octanol–water partition coefficient (Wildman–Crippen LogP) is 4.64. The van der Waals surface area contributed by atoms with Gasteiger partial charge in [0, 0.05) is 34.5 Å². The Morgan fingerprint density at radius 1 is 1.00 bits per heavy atom. The minimum absolute atomic E-state index is 0.164. The Hall–Kier alpha value is -3.25. The lowest BCUT2D eigenvalue weighted by atomic mass is 10.1. The molecule has 2 N–H and O–H groups in total. The summed E-state index contributed by atoms with van der Waals surface area (Å²) in [6.45, 7) is 3.57. The van der Waals surface area contributed by atoms with E-state index in [9.17, 15) is 9.59 Å². The predicted molar refractivity (Wildman–Crippen MR) is 110 cm³/mol. The highest BCUT2D eigenvalue weighted by atomic mass is 35.5. The van der Waals surface area contributed by atoms with E-state index in [0.29, 0.717) is 22.1 Å². The third-order valence-corrected chi connectivity index (χ3v) is 4.27. The van der Waals surface area contributed by atoms with Gasteiger partial charge in [-0.05, 0) is 35.9 Å². The molecule has 3 rings (SSSR count). The lowest BCUT2D eigenvalue weighted by Gasteiger charge is -2.12. The summed E-state index contributed by atoms with van der Waals surface area (Å²) in [6, 6.07) is 12.3. The molecule has 0 unspecified atom stereocenters. The van der Waals surface area contributed by atoms with Crippen LogP contribution in [0.2, 0.25) is 5.02 Å². The molecule has 6 nitrogen and oxygen atoms in total. The lowest BCUT2D eigenvalue weighted by molar-refractivity contribution is -0.118. The average molecular weight is 395 g/mol. The second-order valence-corrected chi connectivity index (χ2v) is 6.89. The van der Waals surface area contributed by atoms with Crippen molar-refractivity contribution in [3.63, 3.8) is 0 Å². The van der Waals surface area contributed by atoms with Crippen molar-refractivity contribution in [3.8, 4) is 11.1 Å². The third-order valence-electron chi connectivity index (χ3n) is 4.02. The number of amides is 2. The van der Waals surface area contributed by atoms with Gasteiger partial charge < -0.3 is 10.6 Å². The Morgan fingerprint density at radius 3 is 2.46 bits per heavy atom. The van der Waals surface area contributed by atoms with Crippen LogP contribution in [0.15, 0.2) is 61.1 Å². The maximum absolute atomic E-state index is 12.7. The number of carbonyl (C=O) groups is 2. The SMILES string of the molecule is CC(C)C(=O)Nc1cc(C(=O)Nc2cnccc2-c2ccc(Cl)cc2)ccn1. The molecule has 0 saturated carbocycles. The van der Waals surface area contributed by atoms with Crippen molar-refractivity contribution in [1.82, 2.24) is 9.97 Å². The summed E-state index contributed by atoms with van der Waals surface area (Å²) in [6.07, 6.45) is 4.73. The van der Waals surface area contributed by atoms with Crippen molar-refractivity contribution in [2.75, 3.05) is 10.6 Å². The van der Waals surface area contributed by atoms with Crippen LogP contribution in [0.1, 0.15) is 24.2 Å². The fourth-order valence-electron chi connectivity index (χ4n) is 2.48. The summed E-state index contributed by atoms with van der Waals surface area (Å²) in [7, 11) is 0. The van der Waals surface area contributed by atoms with Crippen LogP contribution < -0.4 is 10.6 Å². The minimum atomic E-state index is -0.328. The van der Waals surface area contributed by atoms with Gasteiger partial charge in [0.25, 0.3) is 5.91 Å². The molecule has 0 saturated heterocycles. The molecule has 0 atom stereocenters. The topological polar surface area (TPSA) is 84.0 Å². The molecule has 142 valence electrons. The Morgan fingerprint density at radius 2 is 1.75 bits per heavy atom. The largest absolute Gasteiger partial charge is 0.320 e. The van der Waals surface area contributed by atoms with Gasteiger partial charge >= 0.3 is 0 Å². The number of pyridine rings is 2. The van der Waals surface area contributed by atoms with Crippen LogP contribution in [0.25, 0.3) is 11.1 Å². The fourth-order valence-corrected chi connectivity index (χ4v) is 2.61. The number of rotatable bonds is 5. The van der Waals surface area contributed by atoms with Gasteiger partial charge in [0.15, 0.2) is 0 Å². The highest BCUT2D eigenvalue weighted by molar-refractivity contribution is 6.30. The molecule has 0 bridgehead atoms. The second kappa shape index (κ2) is 8.63. The molecule has 2 amide bonds. The molecule has 1 aromatic carbocycles. The maximum Gasteiger partial charge on any atom is 0.255 e. The van der Waals surface area contributed by atoms with Crippen LogP contribution >= 0.6 is 11.6 Å². The van der Waals surface area contributed by atoms with Gasteiger partial charge in [-0.25, -0.2) is 4.98 Å². The van der Waals surface area contributed by atoms with Gasteiger partial charge in [-0.1, -0.05) is 37.6 Å². The van der Waals surface area contributed by atoms with E-state index in [1.807, 2.05) is 18.2 Å². The molecule has 2 heterocycles. The van der Waals surface area contributed by atoms with Crippen molar-refractivity contribution < 1.29 is 9.59 Å². The van der Waals surface area contributed by atoms with Gasteiger partial charge in [-0.2, -0.15) is 0 Å². The van der Waals surface area contributed by atoms with Crippen molar-refractivity contribution in [3.05, 3.63) is 71.6 Å². The Bertz CT molecular complexity index is 1000. The minimum Gasteiger partial charge on any atom is -0.320 e. The van der Waals surface area contributed by atoms with Crippen LogP contribution in [0, 0.1) is 5.92 Å². The Balaban J connectivity index is 1.82. The molecule has 3 aromatic rings. The fraction of sp³-hybridized carbons (Fsp3) is 0.143. The quantitative estimate of drug-likeness (QED) is 0.660. The number of anilines is 2. The van der Waals surface area contributed by atoms with E-state index in [1.165, 1.54) is 12.3 Å². The lowest BCUT2D eigenvalue weighted by Crippen LogP contribution is -2.19. The summed E-state index contributed by atoms with van der Waals surface area (Å²) in [5.41, 5.74) is 2.67. The van der Waals surface area contributed by atoms with E-state index in [1.54, 1.807) is 44.4 Å². The van der Waals surface area contributed by atoms with Crippen LogP contribution in [0.5, 0.6) is 0 Å². The van der Waals surface area contributed by atoms with Crippen LogP contribution in [0.3, 0.4) is 0 Å². The normalized spacial score (nSPS) is 10.6. The first-order valence-electron chi connectivity index (χ1n) is 8.72. The molecule has 0 fully saturated rings. The van der Waals surface area contributed by atoms with Crippen molar-refractivity contribution in [2.45, 2.75) is 13.8 Å². The molecule has 7 heteroatoms. The number of hydrogen-bond donors (Lipinski definition) is 2. The summed E-state index contributed by atoms with van der Waals surface area (Å²) < 4.78 is 0. The van der Waals surface area contributed by atoms with E-state index in [-0.39, 0.29) is 17.7 Å². The highest BCUT2D eigenvalue weighted by Crippen LogP contribution is 2.28. The van der Waals surface area contributed by atoms with Crippen LogP contribution in [-0.4, -0.2) is 21.8 Å². The van der Waals surface area contributed by atoms with Crippen molar-refractivity contribution in [1.29, 1.82) is 0 Å². The molecule has 2 aromatic heterocycles. The van der Waals surface area contributed by atoms with E-state index in [0.717, 1.165) is 11.1 Å². The second-order valence-electron chi connectivity index (χ2n) is 6.46. The van der Waals surface area contributed by atoms with E-state index < -0.39 is 0 Å². The average Bonchev–Trinajstić information content (AvgIpc) is 2.69. The number of nitrogens with one attached hydrogen (secondary N) is 2. The molecule has 0 aliphatic heterocycles. The van der Waals surface area contributed by atoms with E-state index in [4.69, 9.17) is 11.6 Å². The first-order chi connectivity index (χ1) is 13.4.